The highest BCUT2D eigenvalue weighted by Crippen LogP contribution is 2.20. The van der Waals surface area contributed by atoms with E-state index in [9.17, 15) is 14.4 Å². The number of Topliss-reactive ketones (excluding diaryl/α,β-unsaturated/α-hetero) is 2. The Labute approximate surface area is 112 Å². The van der Waals surface area contributed by atoms with E-state index in [1.807, 2.05) is 13.0 Å². The number of hydrogen-bond donors (Lipinski definition) is 0. The fourth-order valence-electron chi connectivity index (χ4n) is 2.33. The van der Waals surface area contributed by atoms with Gasteiger partial charge < -0.3 is 4.90 Å². The first-order valence-corrected chi connectivity index (χ1v) is 6.53. The van der Waals surface area contributed by atoms with Gasteiger partial charge in [0.15, 0.2) is 5.78 Å². The monoisotopic (exact) mass is 259 g/mol. The summed E-state index contributed by atoms with van der Waals surface area (Å²) in [5.74, 6) is -1.26. The van der Waals surface area contributed by atoms with Crippen LogP contribution in [0.3, 0.4) is 0 Å². The van der Waals surface area contributed by atoms with Gasteiger partial charge in [0.25, 0.3) is 0 Å². The van der Waals surface area contributed by atoms with Crippen molar-refractivity contribution >= 4 is 17.5 Å². The van der Waals surface area contributed by atoms with Crippen molar-refractivity contribution < 1.29 is 14.4 Å². The third-order valence-corrected chi connectivity index (χ3v) is 3.49. The Balaban J connectivity index is 2.10. The molecule has 1 aliphatic heterocycles. The Hall–Kier alpha value is -1.97. The highest BCUT2D eigenvalue weighted by molar-refractivity contribution is 6.08. The second-order valence-electron chi connectivity index (χ2n) is 4.68. The molecule has 1 heterocycles. The number of ketones is 2. The molecule has 1 saturated heterocycles. The molecule has 1 unspecified atom stereocenters. The van der Waals surface area contributed by atoms with Crippen LogP contribution in [0.4, 0.5) is 0 Å². The molecule has 1 aromatic carbocycles. The normalized spacial score (nSPS) is 19.6. The number of likely N-dealkylation sites (tertiary alicyclic amines) is 1. The number of rotatable bonds is 4. The second-order valence-corrected chi connectivity index (χ2v) is 4.68. The highest BCUT2D eigenvalue weighted by Gasteiger charge is 2.35. The summed E-state index contributed by atoms with van der Waals surface area (Å²) in [7, 11) is 0. The molecular formula is C15H17NO3. The molecule has 4 heteroatoms. The molecule has 19 heavy (non-hydrogen) atoms. The number of hydrogen-bond acceptors (Lipinski definition) is 3. The van der Waals surface area contributed by atoms with E-state index in [1.54, 1.807) is 29.2 Å². The summed E-state index contributed by atoms with van der Waals surface area (Å²) in [6.07, 6.45) is 0.338. The maximum absolute atomic E-state index is 12.1. The number of carbonyl (C=O) groups is 3. The van der Waals surface area contributed by atoms with Gasteiger partial charge in [-0.1, -0.05) is 30.3 Å². The van der Waals surface area contributed by atoms with Crippen molar-refractivity contribution in [2.24, 2.45) is 5.92 Å². The number of benzene rings is 1. The number of nitrogens with zero attached hydrogens (tertiary/aromatic N) is 1. The minimum Gasteiger partial charge on any atom is -0.342 e. The largest absolute Gasteiger partial charge is 0.342 e. The molecule has 2 rings (SSSR count). The number of amides is 1. The highest BCUT2D eigenvalue weighted by atomic mass is 16.2. The summed E-state index contributed by atoms with van der Waals surface area (Å²) in [6.45, 7) is 2.94. The number of piperidine rings is 1. The standard InChI is InChI=1S/C15H17NO3/c1-2-16-9-8-13(17)12(15(16)19)10-14(18)11-6-4-3-5-7-11/h3-7,12H,2,8-10H2,1H3. The number of carbonyl (C=O) groups excluding carboxylic acids is 3. The van der Waals surface area contributed by atoms with Crippen LogP contribution in [0, 0.1) is 5.92 Å². The van der Waals surface area contributed by atoms with E-state index >= 15 is 0 Å². The van der Waals surface area contributed by atoms with Gasteiger partial charge in [0.2, 0.25) is 5.91 Å². The average Bonchev–Trinajstić information content (AvgIpc) is 2.44. The summed E-state index contributed by atoms with van der Waals surface area (Å²) in [6, 6.07) is 8.79. The van der Waals surface area contributed by atoms with Gasteiger partial charge in [-0.25, -0.2) is 0 Å². The Bertz CT molecular complexity index is 495. The lowest BCUT2D eigenvalue weighted by atomic mass is 9.89. The van der Waals surface area contributed by atoms with Crippen LogP contribution in [0.25, 0.3) is 0 Å². The van der Waals surface area contributed by atoms with Crippen molar-refractivity contribution in [3.05, 3.63) is 35.9 Å². The lowest BCUT2D eigenvalue weighted by Gasteiger charge is -2.30. The van der Waals surface area contributed by atoms with Crippen LogP contribution >= 0.6 is 0 Å². The molecule has 1 aliphatic rings. The molecular weight excluding hydrogens is 242 g/mol. The van der Waals surface area contributed by atoms with Crippen LogP contribution in [0.5, 0.6) is 0 Å². The smallest absolute Gasteiger partial charge is 0.233 e. The van der Waals surface area contributed by atoms with Crippen LogP contribution < -0.4 is 0 Å². The van der Waals surface area contributed by atoms with Crippen molar-refractivity contribution in [3.63, 3.8) is 0 Å². The van der Waals surface area contributed by atoms with Crippen LogP contribution in [0.2, 0.25) is 0 Å². The third kappa shape index (κ3) is 2.89. The molecule has 1 atom stereocenters. The van der Waals surface area contributed by atoms with E-state index in [-0.39, 0.29) is 23.9 Å². The third-order valence-electron chi connectivity index (χ3n) is 3.49. The van der Waals surface area contributed by atoms with Crippen LogP contribution in [-0.4, -0.2) is 35.5 Å². The van der Waals surface area contributed by atoms with Crippen molar-refractivity contribution in [3.8, 4) is 0 Å². The minimum atomic E-state index is -0.790. The van der Waals surface area contributed by atoms with E-state index in [4.69, 9.17) is 0 Å². The summed E-state index contributed by atoms with van der Waals surface area (Å²) in [5, 5.41) is 0. The van der Waals surface area contributed by atoms with Crippen molar-refractivity contribution in [2.45, 2.75) is 19.8 Å². The van der Waals surface area contributed by atoms with Crippen LogP contribution in [0.15, 0.2) is 30.3 Å². The van der Waals surface area contributed by atoms with Gasteiger partial charge in [-0.3, -0.25) is 14.4 Å². The van der Waals surface area contributed by atoms with Gasteiger partial charge in [-0.05, 0) is 6.92 Å². The van der Waals surface area contributed by atoms with E-state index in [1.165, 1.54) is 0 Å². The second kappa shape index (κ2) is 5.78. The van der Waals surface area contributed by atoms with Gasteiger partial charge >= 0.3 is 0 Å². The molecule has 0 bridgehead atoms. The first-order valence-electron chi connectivity index (χ1n) is 6.53. The Morgan fingerprint density at radius 3 is 2.58 bits per heavy atom. The fraction of sp³-hybridized carbons (Fsp3) is 0.400. The molecule has 0 aliphatic carbocycles. The molecule has 0 spiro atoms. The summed E-state index contributed by atoms with van der Waals surface area (Å²) < 4.78 is 0. The van der Waals surface area contributed by atoms with E-state index in [2.05, 4.69) is 0 Å². The molecule has 1 amide bonds. The maximum atomic E-state index is 12.1. The molecule has 0 saturated carbocycles. The molecule has 1 aromatic rings. The molecule has 0 N–H and O–H groups in total. The molecule has 1 fully saturated rings. The van der Waals surface area contributed by atoms with Crippen molar-refractivity contribution in [1.29, 1.82) is 0 Å². The van der Waals surface area contributed by atoms with Crippen LogP contribution in [0.1, 0.15) is 30.1 Å². The predicted molar refractivity (Wildman–Crippen MR) is 70.8 cm³/mol. The van der Waals surface area contributed by atoms with Gasteiger partial charge in [0, 0.05) is 31.5 Å². The van der Waals surface area contributed by atoms with Crippen molar-refractivity contribution in [1.82, 2.24) is 4.90 Å². The molecule has 0 radical (unpaired) electrons. The fourth-order valence-corrected chi connectivity index (χ4v) is 2.33. The zero-order valence-corrected chi connectivity index (χ0v) is 11.0. The molecule has 0 aromatic heterocycles. The average molecular weight is 259 g/mol. The van der Waals surface area contributed by atoms with Gasteiger partial charge in [0.1, 0.15) is 11.7 Å². The summed E-state index contributed by atoms with van der Waals surface area (Å²) in [5.41, 5.74) is 0.553. The Kier molecular flexibility index (Phi) is 4.10. The quantitative estimate of drug-likeness (QED) is 0.611. The molecule has 4 nitrogen and oxygen atoms in total. The van der Waals surface area contributed by atoms with Crippen LogP contribution in [-0.2, 0) is 9.59 Å². The van der Waals surface area contributed by atoms with Gasteiger partial charge in [-0.2, -0.15) is 0 Å². The van der Waals surface area contributed by atoms with E-state index in [0.717, 1.165) is 0 Å². The first kappa shape index (κ1) is 13.5. The SMILES string of the molecule is CCN1CCC(=O)C(CC(=O)c2ccccc2)C1=O. The Morgan fingerprint density at radius 2 is 1.95 bits per heavy atom. The molecule has 100 valence electrons. The van der Waals surface area contributed by atoms with E-state index < -0.39 is 5.92 Å². The lowest BCUT2D eigenvalue weighted by Crippen LogP contribution is -2.46. The summed E-state index contributed by atoms with van der Waals surface area (Å²) in [4.78, 5) is 37.6. The maximum Gasteiger partial charge on any atom is 0.233 e. The van der Waals surface area contributed by atoms with E-state index in [0.29, 0.717) is 25.1 Å². The first-order chi connectivity index (χ1) is 9.13. The zero-order valence-electron chi connectivity index (χ0n) is 11.0. The minimum absolute atomic E-state index is 0.0157. The lowest BCUT2D eigenvalue weighted by molar-refractivity contribution is -0.145. The Morgan fingerprint density at radius 1 is 1.26 bits per heavy atom. The van der Waals surface area contributed by atoms with Gasteiger partial charge in [-0.15, -0.1) is 0 Å². The predicted octanol–water partition coefficient (Wildman–Crippen LogP) is 1.70. The van der Waals surface area contributed by atoms with Crippen molar-refractivity contribution in [2.75, 3.05) is 13.1 Å². The van der Waals surface area contributed by atoms with Gasteiger partial charge in [0.05, 0.1) is 0 Å². The zero-order chi connectivity index (χ0) is 13.8. The summed E-state index contributed by atoms with van der Waals surface area (Å²) >= 11 is 0. The topological polar surface area (TPSA) is 54.5 Å².